The Morgan fingerprint density at radius 3 is 2.31 bits per heavy atom. The maximum Gasteiger partial charge on any atom is 0.248 e. The topological polar surface area (TPSA) is 75.7 Å². The van der Waals surface area contributed by atoms with Crippen molar-refractivity contribution in [1.29, 1.82) is 0 Å². The molecule has 1 amide bonds. The minimum atomic E-state index is -3.66. The lowest BCUT2D eigenvalue weighted by Gasteiger charge is -2.28. The zero-order valence-corrected chi connectivity index (χ0v) is 16.2. The molecule has 6 nitrogen and oxygen atoms in total. The first-order valence-corrected chi connectivity index (χ1v) is 10.1. The molecule has 0 aliphatic heterocycles. The number of nitrogens with zero attached hydrogens (tertiary/aromatic N) is 1. The van der Waals surface area contributed by atoms with Gasteiger partial charge in [-0.15, -0.1) is 0 Å². The molecule has 0 aromatic heterocycles. The lowest BCUT2D eigenvalue weighted by Crippen LogP contribution is -2.45. The Labute approximate surface area is 154 Å². The summed E-state index contributed by atoms with van der Waals surface area (Å²) in [7, 11) is -2.13. The van der Waals surface area contributed by atoms with Crippen LogP contribution in [0, 0.1) is 0 Å². The van der Waals surface area contributed by atoms with Gasteiger partial charge in [0.25, 0.3) is 0 Å². The van der Waals surface area contributed by atoms with Crippen molar-refractivity contribution < 1.29 is 17.9 Å². The molecule has 0 bridgehead atoms. The molecule has 0 heterocycles. The number of sulfonamides is 1. The molecule has 0 fully saturated rings. The number of amides is 1. The third-order valence-corrected chi connectivity index (χ3v) is 5.31. The first kappa shape index (κ1) is 19.8. The minimum absolute atomic E-state index is 0.396. The summed E-state index contributed by atoms with van der Waals surface area (Å²) in [6.07, 6.45) is 1.85. The Balaban J connectivity index is 2.31. The number of nitrogens with one attached hydrogen (secondary N) is 1. The van der Waals surface area contributed by atoms with Crippen molar-refractivity contribution in [2.24, 2.45) is 0 Å². The molecule has 2 aromatic carbocycles. The van der Waals surface area contributed by atoms with Crippen LogP contribution in [0.3, 0.4) is 0 Å². The predicted octanol–water partition coefficient (Wildman–Crippen LogP) is 3.05. The third kappa shape index (κ3) is 4.54. The van der Waals surface area contributed by atoms with Crippen molar-refractivity contribution in [3.63, 3.8) is 0 Å². The first-order valence-electron chi connectivity index (χ1n) is 8.30. The summed E-state index contributed by atoms with van der Waals surface area (Å²) in [4.78, 5) is 12.7. The van der Waals surface area contributed by atoms with E-state index in [1.54, 1.807) is 31.2 Å². The van der Waals surface area contributed by atoms with Gasteiger partial charge in [0.15, 0.2) is 0 Å². The number of hydrogen-bond acceptors (Lipinski definition) is 4. The van der Waals surface area contributed by atoms with Gasteiger partial charge in [-0.2, -0.15) is 0 Å². The Morgan fingerprint density at radius 2 is 1.77 bits per heavy atom. The summed E-state index contributed by atoms with van der Waals surface area (Å²) in [6, 6.07) is 13.1. The van der Waals surface area contributed by atoms with Crippen LogP contribution in [0.25, 0.3) is 0 Å². The largest absolute Gasteiger partial charge is 0.497 e. The van der Waals surface area contributed by atoms with E-state index in [1.165, 1.54) is 7.11 Å². The molecule has 0 saturated carbocycles. The summed E-state index contributed by atoms with van der Waals surface area (Å²) in [5.41, 5.74) is 2.08. The smallest absolute Gasteiger partial charge is 0.248 e. The van der Waals surface area contributed by atoms with E-state index in [0.29, 0.717) is 17.1 Å². The highest BCUT2D eigenvalue weighted by Gasteiger charge is 2.29. The highest BCUT2D eigenvalue weighted by atomic mass is 32.2. The molecule has 0 aliphatic rings. The first-order chi connectivity index (χ1) is 12.3. The summed E-state index contributed by atoms with van der Waals surface area (Å²) in [6.45, 7) is 3.56. The Morgan fingerprint density at radius 1 is 1.15 bits per heavy atom. The maximum absolute atomic E-state index is 12.7. The number of para-hydroxylation sites is 1. The highest BCUT2D eigenvalue weighted by Crippen LogP contribution is 2.25. The van der Waals surface area contributed by atoms with Crippen LogP contribution in [0.15, 0.2) is 48.5 Å². The van der Waals surface area contributed by atoms with E-state index in [-0.39, 0.29) is 0 Å². The van der Waals surface area contributed by atoms with E-state index in [1.807, 2.05) is 31.2 Å². The van der Waals surface area contributed by atoms with E-state index < -0.39 is 22.0 Å². The van der Waals surface area contributed by atoms with Crippen molar-refractivity contribution in [1.82, 2.24) is 0 Å². The van der Waals surface area contributed by atoms with Crippen molar-refractivity contribution in [2.45, 2.75) is 26.3 Å². The molecule has 0 saturated heterocycles. The van der Waals surface area contributed by atoms with E-state index in [9.17, 15) is 13.2 Å². The quantitative estimate of drug-likeness (QED) is 0.806. The fourth-order valence-corrected chi connectivity index (χ4v) is 3.90. The fourth-order valence-electron chi connectivity index (χ4n) is 2.73. The molecule has 26 heavy (non-hydrogen) atoms. The molecule has 0 unspecified atom stereocenters. The lowest BCUT2D eigenvalue weighted by molar-refractivity contribution is -0.116. The van der Waals surface area contributed by atoms with Gasteiger partial charge in [0.1, 0.15) is 11.8 Å². The number of carbonyl (C=O) groups excluding carboxylic acids is 1. The van der Waals surface area contributed by atoms with Crippen LogP contribution >= 0.6 is 0 Å². The van der Waals surface area contributed by atoms with E-state index in [2.05, 4.69) is 5.32 Å². The lowest BCUT2D eigenvalue weighted by atomic mass is 10.1. The molecule has 0 spiro atoms. The summed E-state index contributed by atoms with van der Waals surface area (Å²) >= 11 is 0. The summed E-state index contributed by atoms with van der Waals surface area (Å²) in [5, 5.41) is 2.84. The SMILES string of the molecule is CCc1ccccc1NC(=O)[C@@H](C)N(c1ccc(OC)cc1)S(C)(=O)=O. The van der Waals surface area contributed by atoms with Crippen LogP contribution in [0.5, 0.6) is 5.75 Å². The monoisotopic (exact) mass is 376 g/mol. The highest BCUT2D eigenvalue weighted by molar-refractivity contribution is 7.92. The molecule has 1 atom stereocenters. The van der Waals surface area contributed by atoms with E-state index in [0.717, 1.165) is 22.5 Å². The van der Waals surface area contributed by atoms with Gasteiger partial charge in [0, 0.05) is 5.69 Å². The minimum Gasteiger partial charge on any atom is -0.497 e. The van der Waals surface area contributed by atoms with Crippen LogP contribution in [0.1, 0.15) is 19.4 Å². The predicted molar refractivity (Wildman–Crippen MR) is 104 cm³/mol. The van der Waals surface area contributed by atoms with Crippen molar-refractivity contribution in [2.75, 3.05) is 23.0 Å². The third-order valence-electron chi connectivity index (χ3n) is 4.07. The van der Waals surface area contributed by atoms with Crippen molar-refractivity contribution in [3.05, 3.63) is 54.1 Å². The number of aryl methyl sites for hydroxylation is 1. The van der Waals surface area contributed by atoms with E-state index >= 15 is 0 Å². The number of hydrogen-bond donors (Lipinski definition) is 1. The van der Waals surface area contributed by atoms with E-state index in [4.69, 9.17) is 4.74 Å². The van der Waals surface area contributed by atoms with Gasteiger partial charge in [-0.25, -0.2) is 8.42 Å². The molecule has 7 heteroatoms. The maximum atomic E-state index is 12.7. The average molecular weight is 376 g/mol. The normalized spacial score (nSPS) is 12.3. The van der Waals surface area contributed by atoms with Gasteiger partial charge < -0.3 is 10.1 Å². The van der Waals surface area contributed by atoms with Crippen LogP contribution in [-0.2, 0) is 21.2 Å². The number of benzene rings is 2. The second-order valence-electron chi connectivity index (χ2n) is 5.93. The van der Waals surface area contributed by atoms with Crippen LogP contribution in [0.4, 0.5) is 11.4 Å². The van der Waals surface area contributed by atoms with Gasteiger partial charge in [0.2, 0.25) is 15.9 Å². The molecular weight excluding hydrogens is 352 g/mol. The molecule has 1 N–H and O–H groups in total. The summed E-state index contributed by atoms with van der Waals surface area (Å²) < 4.78 is 30.9. The second kappa shape index (κ2) is 8.23. The van der Waals surface area contributed by atoms with Crippen molar-refractivity contribution in [3.8, 4) is 5.75 Å². The standard InChI is InChI=1S/C19H24N2O4S/c1-5-15-8-6-7-9-18(15)20-19(22)14(2)21(26(4,23)24)16-10-12-17(25-3)13-11-16/h6-14H,5H2,1-4H3,(H,20,22)/t14-/m1/s1. The van der Waals surface area contributed by atoms with Gasteiger partial charge in [-0.3, -0.25) is 9.10 Å². The number of rotatable bonds is 7. The zero-order valence-electron chi connectivity index (χ0n) is 15.4. The van der Waals surface area contributed by atoms with Crippen LogP contribution in [-0.4, -0.2) is 33.7 Å². The van der Waals surface area contributed by atoms with Gasteiger partial charge in [-0.05, 0) is 49.2 Å². The van der Waals surface area contributed by atoms with Gasteiger partial charge >= 0.3 is 0 Å². The molecule has 2 aromatic rings. The Kier molecular flexibility index (Phi) is 6.26. The van der Waals surface area contributed by atoms with Crippen molar-refractivity contribution >= 4 is 27.3 Å². The van der Waals surface area contributed by atoms with Gasteiger partial charge in [-0.1, -0.05) is 25.1 Å². The van der Waals surface area contributed by atoms with Crippen LogP contribution in [0.2, 0.25) is 0 Å². The average Bonchev–Trinajstić information content (AvgIpc) is 2.61. The molecule has 0 radical (unpaired) electrons. The molecule has 2 rings (SSSR count). The second-order valence-corrected chi connectivity index (χ2v) is 7.79. The molecular formula is C19H24N2O4S. The Bertz CT molecular complexity index is 863. The number of anilines is 2. The number of ether oxygens (including phenoxy) is 1. The Hall–Kier alpha value is -2.54. The zero-order chi connectivity index (χ0) is 19.3. The molecule has 140 valence electrons. The fraction of sp³-hybridized carbons (Fsp3) is 0.316. The van der Waals surface area contributed by atoms with Gasteiger partial charge in [0.05, 0.1) is 19.1 Å². The molecule has 0 aliphatic carbocycles. The summed E-state index contributed by atoms with van der Waals surface area (Å²) in [5.74, 6) is 0.211. The number of carbonyl (C=O) groups is 1. The number of methoxy groups -OCH3 is 1. The van der Waals surface area contributed by atoms with Crippen LogP contribution < -0.4 is 14.4 Å².